The van der Waals surface area contributed by atoms with Crippen molar-refractivity contribution in [1.82, 2.24) is 10.2 Å². The van der Waals surface area contributed by atoms with Gasteiger partial charge >= 0.3 is 0 Å². The molecule has 0 unspecified atom stereocenters. The van der Waals surface area contributed by atoms with E-state index >= 15 is 0 Å². The lowest BCUT2D eigenvalue weighted by molar-refractivity contribution is -0.438. The SMILES string of the molecule is CC1(C)C(/C=C/C(=C/C=C2/N(CCCSOOO)c3ccc4c(S(=O)(=O)O)cc(SOOO)cc4c3C2(C)C)c2cccc(CCCCC(=O)NCCN3C(=O)C=CC3=O)c2)=[N+](CCSOOO)c2ccc3c(SOOO)cc(S(=O)(=O)O)cc3c21. The van der Waals surface area contributed by atoms with Gasteiger partial charge in [-0.2, -0.15) is 21.4 Å². The maximum atomic E-state index is 13.0. The fourth-order valence-corrected chi connectivity index (χ4v) is 14.1. The molecular formula is C55H59N4O21S6+. The van der Waals surface area contributed by atoms with Gasteiger partial charge in [0.05, 0.1) is 40.1 Å². The third-order valence-corrected chi connectivity index (χ3v) is 18.7. The van der Waals surface area contributed by atoms with Crippen molar-refractivity contribution in [3.05, 3.63) is 137 Å². The number of nitrogens with one attached hydrogen (secondary N) is 1. The average molecular weight is 1300 g/mol. The lowest BCUT2D eigenvalue weighted by atomic mass is 9.78. The highest BCUT2D eigenvalue weighted by Gasteiger charge is 2.46. The normalized spacial score (nSPS) is 16.3. The third-order valence-electron chi connectivity index (χ3n) is 14.6. The Labute approximate surface area is 510 Å². The minimum absolute atomic E-state index is 0.0539. The number of carbonyl (C=O) groups is 3. The van der Waals surface area contributed by atoms with Gasteiger partial charge in [0.2, 0.25) is 11.6 Å². The highest BCUT2D eigenvalue weighted by atomic mass is 32.2. The number of nitrogens with zero attached hydrogens (tertiary/aromatic N) is 3. The average Bonchev–Trinajstić information content (AvgIpc) is 1.54. The number of hydrogen-bond acceptors (Lipinski definition) is 24. The summed E-state index contributed by atoms with van der Waals surface area (Å²) in [6, 6.07) is 20.2. The number of fused-ring (bicyclic) bond motifs is 6. The Hall–Kier alpha value is -5.60. The molecule has 0 aromatic heterocycles. The first kappa shape index (κ1) is 66.4. The standard InChI is InChI=1S/C55H58N4O21S6/c1-54(2)47(57(24-8-27-81-77-73-63)43-18-16-40-41(52(43)54)30-37(83-79-75-65)31-46(40)86(70,71)72)19-13-35(36-11-7-10-34(29-36)9-5-6-12-49(60)56-23-25-59-50(61)21-22-51(59)62)14-20-48-55(3,4)53-42-32-38(85(67,68)69)33-45(84-80-76-66)39(42)15-17-44(53)58(48)26-28-82-78-74-64/h7,10-11,13-22,29-33H,5-6,8-9,12,23-28H2,1-4H3,(H6-,56,60,63,64,65,66,67,68,69,70,71,72)/p+1. The maximum Gasteiger partial charge on any atom is 0.295 e. The predicted molar refractivity (Wildman–Crippen MR) is 319 cm³/mol. The second-order valence-electron chi connectivity index (χ2n) is 20.5. The fraction of sp³-hybridized carbons (Fsp3) is 0.309. The summed E-state index contributed by atoms with van der Waals surface area (Å²) in [5.74, 6) is -0.486. The van der Waals surface area contributed by atoms with Crippen molar-refractivity contribution in [3.63, 3.8) is 0 Å². The van der Waals surface area contributed by atoms with Gasteiger partial charge < -0.3 is 10.2 Å². The fourth-order valence-electron chi connectivity index (χ4n) is 11.0. The van der Waals surface area contributed by atoms with E-state index in [4.69, 9.17) is 34.0 Å². The van der Waals surface area contributed by atoms with Gasteiger partial charge in [-0.1, -0.05) is 70.4 Å². The number of benzene rings is 5. The summed E-state index contributed by atoms with van der Waals surface area (Å²) in [5.41, 5.74) is 4.67. The molecule has 86 heavy (non-hydrogen) atoms. The second-order valence-corrected chi connectivity index (χ2v) is 26.4. The highest BCUT2D eigenvalue weighted by Crippen LogP contribution is 2.53. The van der Waals surface area contributed by atoms with Gasteiger partial charge in [0.1, 0.15) is 4.90 Å². The molecule has 31 heteroatoms. The van der Waals surface area contributed by atoms with Crippen LogP contribution in [0, 0.1) is 0 Å². The molecule has 3 aliphatic rings. The molecule has 0 atom stereocenters. The van der Waals surface area contributed by atoms with E-state index in [1.54, 1.807) is 24.3 Å². The first-order valence-electron chi connectivity index (χ1n) is 26.1. The number of amides is 3. The molecule has 0 radical (unpaired) electrons. The van der Waals surface area contributed by atoms with Crippen molar-refractivity contribution in [2.45, 2.75) is 90.2 Å². The molecule has 5 aromatic carbocycles. The number of hydrogen-bond donors (Lipinski definition) is 7. The van der Waals surface area contributed by atoms with Gasteiger partial charge in [0.15, 0.2) is 12.3 Å². The Morgan fingerprint density at radius 1 is 0.698 bits per heavy atom. The number of imide groups is 1. The van der Waals surface area contributed by atoms with Crippen molar-refractivity contribution >= 4 is 130 Å². The Morgan fingerprint density at radius 3 is 2.08 bits per heavy atom. The molecular weight excluding hydrogens is 1250 g/mol. The van der Waals surface area contributed by atoms with Crippen LogP contribution in [-0.4, -0.2) is 118 Å². The van der Waals surface area contributed by atoms with Crippen LogP contribution >= 0.6 is 48.2 Å². The van der Waals surface area contributed by atoms with Gasteiger partial charge in [-0.3, -0.25) is 28.4 Å². The minimum atomic E-state index is -4.82. The summed E-state index contributed by atoms with van der Waals surface area (Å²) in [6.07, 6.45) is 12.5. The summed E-state index contributed by atoms with van der Waals surface area (Å²) < 4.78 is 93.3. The van der Waals surface area contributed by atoms with Gasteiger partial charge in [-0.05, 0) is 127 Å². The van der Waals surface area contributed by atoms with Crippen LogP contribution in [0.5, 0.6) is 0 Å². The number of allylic oxidation sites excluding steroid dienone is 6. The number of unbranched alkanes of at least 4 members (excludes halogenated alkanes) is 1. The zero-order chi connectivity index (χ0) is 62.0. The molecule has 3 aliphatic heterocycles. The maximum absolute atomic E-state index is 13.0. The number of anilines is 1. The monoisotopic (exact) mass is 1300 g/mol. The summed E-state index contributed by atoms with van der Waals surface area (Å²) >= 11 is 2.76. The number of aryl methyl sites for hydroxylation is 1. The highest BCUT2D eigenvalue weighted by molar-refractivity contribution is 7.95. The molecule has 0 saturated carbocycles. The molecule has 3 amide bonds. The molecule has 7 N–H and O–H groups in total. The van der Waals surface area contributed by atoms with Crippen LogP contribution in [0.4, 0.5) is 11.4 Å². The van der Waals surface area contributed by atoms with Gasteiger partial charge in [-0.25, -0.2) is 21.0 Å². The van der Waals surface area contributed by atoms with Crippen molar-refractivity contribution in [3.8, 4) is 0 Å². The van der Waals surface area contributed by atoms with Crippen LogP contribution in [-0.2, 0) is 89.4 Å². The van der Waals surface area contributed by atoms with Gasteiger partial charge in [0.25, 0.3) is 32.1 Å². The van der Waals surface area contributed by atoms with E-state index in [1.807, 2.05) is 86.9 Å². The van der Waals surface area contributed by atoms with Crippen molar-refractivity contribution in [2.24, 2.45) is 0 Å². The zero-order valence-corrected chi connectivity index (χ0v) is 51.2. The van der Waals surface area contributed by atoms with E-state index in [1.165, 1.54) is 30.4 Å². The van der Waals surface area contributed by atoms with Crippen LogP contribution in [0.3, 0.4) is 0 Å². The number of rotatable bonds is 31. The van der Waals surface area contributed by atoms with E-state index in [-0.39, 0.29) is 52.9 Å². The molecule has 25 nitrogen and oxygen atoms in total. The lowest BCUT2D eigenvalue weighted by Crippen LogP contribution is -2.38. The van der Waals surface area contributed by atoms with Gasteiger partial charge in [0, 0.05) is 118 Å². The quantitative estimate of drug-likeness (QED) is 0.00317. The first-order valence-corrected chi connectivity index (χ1v) is 32.3. The summed E-state index contributed by atoms with van der Waals surface area (Å²) in [6.45, 7) is 8.61. The third kappa shape index (κ3) is 15.3. The molecule has 5 aromatic rings. The van der Waals surface area contributed by atoms with Gasteiger partial charge in [-0.15, -0.1) is 17.3 Å². The molecule has 0 saturated heterocycles. The van der Waals surface area contributed by atoms with E-state index < -0.39 is 52.7 Å². The van der Waals surface area contributed by atoms with E-state index in [2.05, 4.69) is 34.7 Å². The van der Waals surface area contributed by atoms with Crippen LogP contribution in [0.1, 0.15) is 75.6 Å². The summed E-state index contributed by atoms with van der Waals surface area (Å²) in [4.78, 5) is 39.4. The smallest absolute Gasteiger partial charge is 0.295 e. The summed E-state index contributed by atoms with van der Waals surface area (Å²) in [7, 11) is -9.61. The van der Waals surface area contributed by atoms with Crippen LogP contribution in [0.25, 0.3) is 27.1 Å². The van der Waals surface area contributed by atoms with Crippen LogP contribution < -0.4 is 10.2 Å². The Kier molecular flexibility index (Phi) is 22.5. The number of carbonyl (C=O) groups excluding carboxylic acids is 3. The van der Waals surface area contributed by atoms with Crippen molar-refractivity contribution < 1.29 is 103 Å². The minimum Gasteiger partial charge on any atom is -0.354 e. The molecule has 0 spiro atoms. The predicted octanol–water partition coefficient (Wildman–Crippen LogP) is 10.3. The van der Waals surface area contributed by atoms with Crippen LogP contribution in [0.2, 0.25) is 0 Å². The van der Waals surface area contributed by atoms with E-state index in [0.717, 1.165) is 45.8 Å². The lowest BCUT2D eigenvalue weighted by Gasteiger charge is -2.27. The Bertz CT molecular complexity index is 3780. The van der Waals surface area contributed by atoms with Crippen molar-refractivity contribution in [1.29, 1.82) is 0 Å². The summed E-state index contributed by atoms with van der Waals surface area (Å²) in [5, 5.41) is 55.7. The Morgan fingerprint density at radius 2 is 1.38 bits per heavy atom. The molecule has 460 valence electrons. The van der Waals surface area contributed by atoms with E-state index in [9.17, 15) is 40.3 Å². The second kappa shape index (κ2) is 29.1. The van der Waals surface area contributed by atoms with E-state index in [0.29, 0.717) is 112 Å². The molecule has 3 heterocycles. The Balaban J connectivity index is 1.24. The molecule has 8 rings (SSSR count). The zero-order valence-electron chi connectivity index (χ0n) is 46.3. The molecule has 0 fully saturated rings. The molecule has 0 aliphatic carbocycles. The molecule has 0 bridgehead atoms. The first-order chi connectivity index (χ1) is 41.0. The largest absolute Gasteiger partial charge is 0.354 e. The van der Waals surface area contributed by atoms with Crippen molar-refractivity contribution in [2.75, 3.05) is 42.6 Å². The van der Waals surface area contributed by atoms with Crippen LogP contribution in [0.15, 0.2) is 135 Å². The topological polar surface area (TPSA) is 336 Å².